The summed E-state index contributed by atoms with van der Waals surface area (Å²) >= 11 is 0. The Bertz CT molecular complexity index is 775. The van der Waals surface area contributed by atoms with Crippen molar-refractivity contribution < 1.29 is 9.18 Å². The number of hydrogen-bond donors (Lipinski definition) is 0. The smallest absolute Gasteiger partial charge is 0.160 e. The summed E-state index contributed by atoms with van der Waals surface area (Å²) in [7, 11) is 0. The molecular weight excluding hydrogens is 277 g/mol. The van der Waals surface area contributed by atoms with E-state index in [1.165, 1.54) is 13.0 Å². The van der Waals surface area contributed by atoms with Crippen LogP contribution in [0.15, 0.2) is 36.9 Å². The van der Waals surface area contributed by atoms with Crippen LogP contribution < -0.4 is 0 Å². The summed E-state index contributed by atoms with van der Waals surface area (Å²) in [4.78, 5) is 16.5. The molecule has 2 nitrogen and oxygen atoms in total. The van der Waals surface area contributed by atoms with Gasteiger partial charge in [0.2, 0.25) is 0 Å². The molecule has 112 valence electrons. The van der Waals surface area contributed by atoms with E-state index in [1.807, 2.05) is 19.1 Å². The predicted octanol–water partition coefficient (Wildman–Crippen LogP) is 5.07. The molecule has 0 radical (unpaired) electrons. The third kappa shape index (κ3) is 3.03. The monoisotopic (exact) mass is 295 g/mol. The Labute approximate surface area is 130 Å². The van der Waals surface area contributed by atoms with Crippen LogP contribution in [-0.4, -0.2) is 10.8 Å². The van der Waals surface area contributed by atoms with E-state index >= 15 is 0 Å². The molecule has 1 heterocycles. The number of nitrogens with zero attached hydrogens (tertiary/aromatic N) is 1. The van der Waals surface area contributed by atoms with Crippen molar-refractivity contribution in [2.24, 2.45) is 0 Å². The first-order valence-electron chi connectivity index (χ1n) is 7.05. The molecule has 0 aliphatic heterocycles. The Balaban J connectivity index is 2.73. The highest BCUT2D eigenvalue weighted by atomic mass is 19.1. The number of halogens is 1. The summed E-state index contributed by atoms with van der Waals surface area (Å²) in [5.41, 5.74) is 3.68. The van der Waals surface area contributed by atoms with Crippen molar-refractivity contribution in [3.05, 3.63) is 65.1 Å². The summed E-state index contributed by atoms with van der Waals surface area (Å²) in [6, 6.07) is 6.64. The molecule has 0 spiro atoms. The molecule has 0 unspecified atom stereocenters. The number of hydrogen-bond acceptors (Lipinski definition) is 2. The van der Waals surface area contributed by atoms with Crippen LogP contribution in [0.2, 0.25) is 0 Å². The van der Waals surface area contributed by atoms with E-state index in [1.54, 1.807) is 31.2 Å². The average Bonchev–Trinajstić information content (AvgIpc) is 2.49. The number of ketones is 1. The van der Waals surface area contributed by atoms with Gasteiger partial charge in [0.1, 0.15) is 5.82 Å². The van der Waals surface area contributed by atoms with Gasteiger partial charge in [0.05, 0.1) is 11.4 Å². The maximum Gasteiger partial charge on any atom is 0.160 e. The molecule has 0 atom stereocenters. The summed E-state index contributed by atoms with van der Waals surface area (Å²) in [6.45, 7) is 8.84. The van der Waals surface area contributed by atoms with Crippen LogP contribution in [0.3, 0.4) is 0 Å². The number of Topliss-reactive ketones (excluding diaryl/α,β-unsaturated/α-hetero) is 1. The quantitative estimate of drug-likeness (QED) is 0.737. The first kappa shape index (κ1) is 15.8. The van der Waals surface area contributed by atoms with Gasteiger partial charge in [-0.1, -0.05) is 30.9 Å². The molecule has 2 aromatic rings. The third-order valence-corrected chi connectivity index (χ3v) is 3.46. The van der Waals surface area contributed by atoms with Crippen molar-refractivity contribution in [3.8, 4) is 11.3 Å². The van der Waals surface area contributed by atoms with Crippen LogP contribution in [0.4, 0.5) is 4.39 Å². The van der Waals surface area contributed by atoms with Gasteiger partial charge in [-0.25, -0.2) is 9.37 Å². The van der Waals surface area contributed by atoms with Gasteiger partial charge in [0.25, 0.3) is 0 Å². The zero-order chi connectivity index (χ0) is 16.3. The fourth-order valence-corrected chi connectivity index (χ4v) is 2.27. The Morgan fingerprint density at radius 2 is 2.05 bits per heavy atom. The van der Waals surface area contributed by atoms with Gasteiger partial charge < -0.3 is 0 Å². The summed E-state index contributed by atoms with van der Waals surface area (Å²) in [6.07, 6.45) is 5.29. The molecule has 2 rings (SSSR count). The van der Waals surface area contributed by atoms with E-state index in [0.29, 0.717) is 33.6 Å². The van der Waals surface area contributed by atoms with Gasteiger partial charge in [0.15, 0.2) is 5.78 Å². The molecule has 0 saturated heterocycles. The Morgan fingerprint density at radius 1 is 1.32 bits per heavy atom. The number of aromatic nitrogens is 1. The second kappa shape index (κ2) is 6.48. The lowest BCUT2D eigenvalue weighted by Gasteiger charge is -2.11. The number of pyridine rings is 1. The number of carbonyl (C=O) groups is 1. The third-order valence-electron chi connectivity index (χ3n) is 3.46. The molecular formula is C19H18FNO. The summed E-state index contributed by atoms with van der Waals surface area (Å²) in [5, 5.41) is 0. The van der Waals surface area contributed by atoms with Crippen LogP contribution >= 0.6 is 0 Å². The molecule has 1 aromatic carbocycles. The zero-order valence-corrected chi connectivity index (χ0v) is 13.0. The maximum atomic E-state index is 13.8. The molecule has 0 saturated carbocycles. The SMILES string of the molecule is C=Cc1c(C(C)=O)cc(-c2ccc(C)c(F)c2)nc1/C=C\C. The van der Waals surface area contributed by atoms with Gasteiger partial charge >= 0.3 is 0 Å². The number of rotatable bonds is 4. The minimum atomic E-state index is -0.288. The Kier molecular flexibility index (Phi) is 4.66. The molecule has 0 N–H and O–H groups in total. The number of benzene rings is 1. The molecule has 3 heteroatoms. The maximum absolute atomic E-state index is 13.8. The normalized spacial score (nSPS) is 10.9. The Morgan fingerprint density at radius 3 is 2.59 bits per heavy atom. The lowest BCUT2D eigenvalue weighted by Crippen LogP contribution is -2.02. The van der Waals surface area contributed by atoms with Crippen LogP contribution in [0.5, 0.6) is 0 Å². The van der Waals surface area contributed by atoms with Gasteiger partial charge in [-0.15, -0.1) is 0 Å². The molecule has 1 aromatic heterocycles. The number of aryl methyl sites for hydroxylation is 1. The van der Waals surface area contributed by atoms with E-state index in [-0.39, 0.29) is 11.6 Å². The highest BCUT2D eigenvalue weighted by Gasteiger charge is 2.13. The van der Waals surface area contributed by atoms with Crippen molar-refractivity contribution in [2.45, 2.75) is 20.8 Å². The van der Waals surface area contributed by atoms with E-state index in [4.69, 9.17) is 0 Å². The molecule has 0 fully saturated rings. The second-order valence-electron chi connectivity index (χ2n) is 5.08. The molecule has 0 aliphatic carbocycles. The van der Waals surface area contributed by atoms with E-state index in [2.05, 4.69) is 11.6 Å². The standard InChI is InChI=1S/C19H18FNO/c1-5-7-18-15(6-2)16(13(4)22)11-19(21-18)14-9-8-12(3)17(20)10-14/h5-11H,2H2,1,3-4H3/b7-5-. The van der Waals surface area contributed by atoms with Crippen LogP contribution in [0.25, 0.3) is 23.4 Å². The minimum Gasteiger partial charge on any atom is -0.294 e. The van der Waals surface area contributed by atoms with Crippen LogP contribution in [0.1, 0.15) is 41.0 Å². The van der Waals surface area contributed by atoms with E-state index < -0.39 is 0 Å². The lowest BCUT2D eigenvalue weighted by molar-refractivity contribution is 0.101. The van der Waals surface area contributed by atoms with E-state index in [9.17, 15) is 9.18 Å². The van der Waals surface area contributed by atoms with Crippen molar-refractivity contribution in [3.63, 3.8) is 0 Å². The van der Waals surface area contributed by atoms with E-state index in [0.717, 1.165) is 0 Å². The molecule has 0 bridgehead atoms. The van der Waals surface area contributed by atoms with Gasteiger partial charge in [-0.05, 0) is 44.5 Å². The first-order chi connectivity index (χ1) is 10.5. The van der Waals surface area contributed by atoms with Crippen LogP contribution in [-0.2, 0) is 0 Å². The van der Waals surface area contributed by atoms with Gasteiger partial charge in [-0.2, -0.15) is 0 Å². The first-order valence-corrected chi connectivity index (χ1v) is 7.05. The molecule has 0 amide bonds. The molecule has 0 aliphatic rings. The molecule has 22 heavy (non-hydrogen) atoms. The van der Waals surface area contributed by atoms with Gasteiger partial charge in [0, 0.05) is 16.7 Å². The topological polar surface area (TPSA) is 30.0 Å². The predicted molar refractivity (Wildman–Crippen MR) is 89.2 cm³/mol. The zero-order valence-electron chi connectivity index (χ0n) is 13.0. The van der Waals surface area contributed by atoms with Crippen LogP contribution in [0, 0.1) is 12.7 Å². The number of allylic oxidation sites excluding steroid dienone is 1. The second-order valence-corrected chi connectivity index (χ2v) is 5.08. The lowest BCUT2D eigenvalue weighted by atomic mass is 9.98. The van der Waals surface area contributed by atoms with Crippen molar-refractivity contribution >= 4 is 17.9 Å². The summed E-state index contributed by atoms with van der Waals surface area (Å²) < 4.78 is 13.8. The summed E-state index contributed by atoms with van der Waals surface area (Å²) in [5.74, 6) is -0.360. The highest BCUT2D eigenvalue weighted by Crippen LogP contribution is 2.26. The minimum absolute atomic E-state index is 0.0723. The van der Waals surface area contributed by atoms with Crippen molar-refractivity contribution in [1.82, 2.24) is 4.98 Å². The van der Waals surface area contributed by atoms with Crippen molar-refractivity contribution in [1.29, 1.82) is 0 Å². The highest BCUT2D eigenvalue weighted by molar-refractivity contribution is 5.99. The largest absolute Gasteiger partial charge is 0.294 e. The van der Waals surface area contributed by atoms with Crippen molar-refractivity contribution in [2.75, 3.05) is 0 Å². The Hall–Kier alpha value is -2.55. The fourth-order valence-electron chi connectivity index (χ4n) is 2.27. The number of carbonyl (C=O) groups excluding carboxylic acids is 1. The van der Waals surface area contributed by atoms with Gasteiger partial charge in [-0.3, -0.25) is 4.79 Å². The fraction of sp³-hybridized carbons (Fsp3) is 0.158. The average molecular weight is 295 g/mol.